The fraction of sp³-hybridized carbons (Fsp3) is 0. The Kier molecular flexibility index (Phi) is 3.71. The third kappa shape index (κ3) is 2.74. The highest BCUT2D eigenvalue weighted by Gasteiger charge is 2.12. The van der Waals surface area contributed by atoms with Gasteiger partial charge in [0.25, 0.3) is 0 Å². The van der Waals surface area contributed by atoms with Crippen LogP contribution in [0.1, 0.15) is 0 Å². The van der Waals surface area contributed by atoms with Crippen LogP contribution in [0.25, 0.3) is 33.5 Å². The molecule has 0 radical (unpaired) electrons. The summed E-state index contributed by atoms with van der Waals surface area (Å²) in [5.41, 5.74) is 3.16. The Morgan fingerprint density at radius 1 is 0.750 bits per heavy atom. The largest absolute Gasteiger partial charge is 0.228 e. The SMILES string of the molecule is Fc1cccc(-c2nc(-c3ccccc3)c3cc(Cl)ccc3n2)c1. The van der Waals surface area contributed by atoms with Crippen molar-refractivity contribution < 1.29 is 4.39 Å². The number of fused-ring (bicyclic) bond motifs is 1. The van der Waals surface area contributed by atoms with E-state index in [0.717, 1.165) is 22.2 Å². The minimum Gasteiger partial charge on any atom is -0.228 e. The second-order valence-electron chi connectivity index (χ2n) is 5.43. The Morgan fingerprint density at radius 2 is 1.54 bits per heavy atom. The molecule has 2 nitrogen and oxygen atoms in total. The minimum absolute atomic E-state index is 0.312. The first-order valence-corrected chi connectivity index (χ1v) is 7.87. The molecule has 1 heterocycles. The van der Waals surface area contributed by atoms with Gasteiger partial charge in [-0.1, -0.05) is 54.1 Å². The summed E-state index contributed by atoms with van der Waals surface area (Å²) in [5, 5.41) is 1.50. The van der Waals surface area contributed by atoms with Crippen LogP contribution in [0, 0.1) is 5.82 Å². The fourth-order valence-electron chi connectivity index (χ4n) is 2.67. The van der Waals surface area contributed by atoms with E-state index < -0.39 is 0 Å². The Morgan fingerprint density at radius 3 is 2.33 bits per heavy atom. The molecule has 0 unspecified atom stereocenters. The van der Waals surface area contributed by atoms with E-state index in [-0.39, 0.29) is 5.82 Å². The summed E-state index contributed by atoms with van der Waals surface area (Å²) in [4.78, 5) is 9.26. The van der Waals surface area contributed by atoms with Crippen LogP contribution < -0.4 is 0 Å². The van der Waals surface area contributed by atoms with Gasteiger partial charge in [-0.2, -0.15) is 0 Å². The molecule has 0 atom stereocenters. The number of rotatable bonds is 2. The highest BCUT2D eigenvalue weighted by molar-refractivity contribution is 6.31. The van der Waals surface area contributed by atoms with Gasteiger partial charge in [-0.25, -0.2) is 14.4 Å². The van der Waals surface area contributed by atoms with E-state index in [1.54, 1.807) is 18.2 Å². The second-order valence-corrected chi connectivity index (χ2v) is 5.87. The first kappa shape index (κ1) is 14.8. The number of halogens is 2. The van der Waals surface area contributed by atoms with Crippen molar-refractivity contribution >= 4 is 22.5 Å². The highest BCUT2D eigenvalue weighted by Crippen LogP contribution is 2.30. The van der Waals surface area contributed by atoms with Crippen molar-refractivity contribution in [3.63, 3.8) is 0 Å². The average Bonchev–Trinajstić information content (AvgIpc) is 2.61. The maximum atomic E-state index is 13.6. The van der Waals surface area contributed by atoms with Crippen LogP contribution in [0.3, 0.4) is 0 Å². The van der Waals surface area contributed by atoms with Crippen molar-refractivity contribution in [1.82, 2.24) is 9.97 Å². The monoisotopic (exact) mass is 334 g/mol. The Bertz CT molecular complexity index is 1030. The van der Waals surface area contributed by atoms with Gasteiger partial charge in [-0.3, -0.25) is 0 Å². The zero-order valence-corrected chi connectivity index (χ0v) is 13.3. The molecule has 4 heteroatoms. The van der Waals surface area contributed by atoms with Gasteiger partial charge in [0.2, 0.25) is 0 Å². The summed E-state index contributed by atoms with van der Waals surface area (Å²) in [6.07, 6.45) is 0. The van der Waals surface area contributed by atoms with E-state index in [2.05, 4.69) is 9.97 Å². The molecule has 0 bridgehead atoms. The van der Waals surface area contributed by atoms with Gasteiger partial charge in [0.05, 0.1) is 11.2 Å². The maximum absolute atomic E-state index is 13.6. The molecule has 4 aromatic rings. The van der Waals surface area contributed by atoms with Crippen molar-refractivity contribution in [2.24, 2.45) is 0 Å². The lowest BCUT2D eigenvalue weighted by molar-refractivity contribution is 0.628. The van der Waals surface area contributed by atoms with Crippen molar-refractivity contribution in [2.75, 3.05) is 0 Å². The molecule has 0 spiro atoms. The van der Waals surface area contributed by atoms with Crippen LogP contribution in [0.2, 0.25) is 5.02 Å². The van der Waals surface area contributed by atoms with Crippen molar-refractivity contribution in [3.8, 4) is 22.6 Å². The smallest absolute Gasteiger partial charge is 0.160 e. The number of hydrogen-bond donors (Lipinski definition) is 0. The number of aromatic nitrogens is 2. The number of hydrogen-bond acceptors (Lipinski definition) is 2. The standard InChI is InChI=1S/C20H12ClFN2/c21-15-9-10-18-17(12-15)19(13-5-2-1-3-6-13)24-20(23-18)14-7-4-8-16(22)11-14/h1-12H. The van der Waals surface area contributed by atoms with E-state index >= 15 is 0 Å². The molecule has 116 valence electrons. The van der Waals surface area contributed by atoms with Crippen molar-refractivity contribution in [2.45, 2.75) is 0 Å². The molecule has 0 aliphatic heterocycles. The average molecular weight is 335 g/mol. The van der Waals surface area contributed by atoms with Gasteiger partial charge in [0.15, 0.2) is 5.82 Å². The molecule has 3 aromatic carbocycles. The normalized spacial score (nSPS) is 10.9. The van der Waals surface area contributed by atoms with Gasteiger partial charge in [-0.05, 0) is 30.3 Å². The summed E-state index contributed by atoms with van der Waals surface area (Å²) in [7, 11) is 0. The lowest BCUT2D eigenvalue weighted by Gasteiger charge is -2.09. The molecule has 0 saturated carbocycles. The predicted molar refractivity (Wildman–Crippen MR) is 95.4 cm³/mol. The zero-order chi connectivity index (χ0) is 16.5. The summed E-state index contributed by atoms with van der Waals surface area (Å²) in [6, 6.07) is 21.6. The molecule has 0 saturated heterocycles. The van der Waals surface area contributed by atoms with Crippen LogP contribution >= 0.6 is 11.6 Å². The highest BCUT2D eigenvalue weighted by atomic mass is 35.5. The summed E-state index contributed by atoms with van der Waals surface area (Å²) >= 11 is 6.15. The van der Waals surface area contributed by atoms with Gasteiger partial charge in [0.1, 0.15) is 5.82 Å². The van der Waals surface area contributed by atoms with Crippen LogP contribution in [-0.4, -0.2) is 9.97 Å². The van der Waals surface area contributed by atoms with E-state index in [0.29, 0.717) is 16.4 Å². The molecule has 1 aromatic heterocycles. The Hall–Kier alpha value is -2.78. The summed E-state index contributed by atoms with van der Waals surface area (Å²) in [5.74, 6) is 0.178. The minimum atomic E-state index is -0.312. The van der Waals surface area contributed by atoms with Gasteiger partial charge < -0.3 is 0 Å². The molecule has 0 fully saturated rings. The van der Waals surface area contributed by atoms with E-state index in [9.17, 15) is 4.39 Å². The van der Waals surface area contributed by atoms with E-state index in [1.165, 1.54) is 12.1 Å². The van der Waals surface area contributed by atoms with Gasteiger partial charge >= 0.3 is 0 Å². The lowest BCUT2D eigenvalue weighted by Crippen LogP contribution is -1.95. The lowest BCUT2D eigenvalue weighted by atomic mass is 10.1. The molecule has 0 amide bonds. The van der Waals surface area contributed by atoms with Crippen LogP contribution in [0.4, 0.5) is 4.39 Å². The zero-order valence-electron chi connectivity index (χ0n) is 12.6. The molecular formula is C20H12ClFN2. The Balaban J connectivity index is 2.03. The molecule has 4 rings (SSSR count). The van der Waals surface area contributed by atoms with Gasteiger partial charge in [-0.15, -0.1) is 0 Å². The van der Waals surface area contributed by atoms with Crippen molar-refractivity contribution in [1.29, 1.82) is 0 Å². The topological polar surface area (TPSA) is 25.8 Å². The van der Waals surface area contributed by atoms with Gasteiger partial charge in [0, 0.05) is 21.5 Å². The summed E-state index contributed by atoms with van der Waals surface area (Å²) in [6.45, 7) is 0. The number of benzene rings is 3. The Labute approximate surface area is 143 Å². The summed E-state index contributed by atoms with van der Waals surface area (Å²) < 4.78 is 13.6. The maximum Gasteiger partial charge on any atom is 0.160 e. The fourth-order valence-corrected chi connectivity index (χ4v) is 2.85. The molecule has 24 heavy (non-hydrogen) atoms. The molecule has 0 aliphatic rings. The molecular weight excluding hydrogens is 323 g/mol. The number of nitrogens with zero attached hydrogens (tertiary/aromatic N) is 2. The first-order valence-electron chi connectivity index (χ1n) is 7.49. The van der Waals surface area contributed by atoms with Crippen LogP contribution in [0.15, 0.2) is 72.8 Å². The molecule has 0 aliphatic carbocycles. The molecule has 0 N–H and O–H groups in total. The van der Waals surface area contributed by atoms with E-state index in [4.69, 9.17) is 11.6 Å². The first-order chi connectivity index (χ1) is 11.7. The third-order valence-electron chi connectivity index (χ3n) is 3.79. The van der Waals surface area contributed by atoms with E-state index in [1.807, 2.05) is 42.5 Å². The van der Waals surface area contributed by atoms with Crippen LogP contribution in [0.5, 0.6) is 0 Å². The second kappa shape index (κ2) is 6.02. The third-order valence-corrected chi connectivity index (χ3v) is 4.02. The quantitative estimate of drug-likeness (QED) is 0.466. The van der Waals surface area contributed by atoms with Crippen LogP contribution in [-0.2, 0) is 0 Å². The predicted octanol–water partition coefficient (Wildman–Crippen LogP) is 5.76. The van der Waals surface area contributed by atoms with Crippen molar-refractivity contribution in [3.05, 3.63) is 83.6 Å².